The molecule has 0 saturated carbocycles. The van der Waals surface area contributed by atoms with Crippen LogP contribution in [0, 0.1) is 6.92 Å². The zero-order chi connectivity index (χ0) is 12.8. The van der Waals surface area contributed by atoms with Crippen molar-refractivity contribution in [3.63, 3.8) is 0 Å². The van der Waals surface area contributed by atoms with Crippen LogP contribution in [0.4, 0.5) is 5.82 Å². The fourth-order valence-corrected chi connectivity index (χ4v) is 1.37. The van der Waals surface area contributed by atoms with E-state index in [9.17, 15) is 9.59 Å². The topological polar surface area (TPSA) is 79.3 Å². The maximum Gasteiger partial charge on any atom is 0.327 e. The van der Waals surface area contributed by atoms with Crippen molar-refractivity contribution >= 4 is 17.7 Å². The van der Waals surface area contributed by atoms with Gasteiger partial charge in [-0.3, -0.25) is 4.79 Å². The number of amides is 1. The van der Waals surface area contributed by atoms with Gasteiger partial charge in [0.15, 0.2) is 0 Å². The molecular weight excluding hydrogens is 220 g/mol. The number of pyridine rings is 1. The Morgan fingerprint density at radius 2 is 2.18 bits per heavy atom. The number of aliphatic carboxylic acids is 1. The third kappa shape index (κ3) is 4.92. The third-order valence-electron chi connectivity index (χ3n) is 1.91. The summed E-state index contributed by atoms with van der Waals surface area (Å²) in [7, 11) is 0. The van der Waals surface area contributed by atoms with E-state index in [1.54, 1.807) is 6.07 Å². The Bertz CT molecular complexity index is 467. The number of carbonyl (C=O) groups excluding carboxylic acids is 1. The highest BCUT2D eigenvalue weighted by molar-refractivity contribution is 5.87. The molecule has 1 rings (SSSR count). The number of rotatable bonds is 4. The predicted molar refractivity (Wildman–Crippen MR) is 63.8 cm³/mol. The van der Waals surface area contributed by atoms with Crippen LogP contribution >= 0.6 is 0 Å². The molecule has 0 atom stereocenters. The highest BCUT2D eigenvalue weighted by Gasteiger charge is 2.01. The molecule has 0 radical (unpaired) electrons. The van der Waals surface area contributed by atoms with Crippen LogP contribution in [0.25, 0.3) is 0 Å². The lowest BCUT2D eigenvalue weighted by atomic mass is 10.2. The fourth-order valence-electron chi connectivity index (χ4n) is 1.37. The molecule has 0 aliphatic rings. The van der Waals surface area contributed by atoms with Gasteiger partial charge in [-0.15, -0.1) is 0 Å². The zero-order valence-electron chi connectivity index (χ0n) is 9.73. The molecule has 0 bridgehead atoms. The molecule has 0 saturated heterocycles. The van der Waals surface area contributed by atoms with Crippen LogP contribution in [0.1, 0.15) is 18.2 Å². The summed E-state index contributed by atoms with van der Waals surface area (Å²) in [6.45, 7) is 3.30. The normalized spacial score (nSPS) is 10.5. The first-order valence-electron chi connectivity index (χ1n) is 5.12. The number of hydrogen-bond acceptors (Lipinski definition) is 3. The second-order valence-electron chi connectivity index (χ2n) is 3.65. The van der Waals surface area contributed by atoms with E-state index in [-0.39, 0.29) is 5.91 Å². The number of hydrogen-bond donors (Lipinski definition) is 2. The first kappa shape index (κ1) is 12.9. The van der Waals surface area contributed by atoms with Gasteiger partial charge >= 0.3 is 5.97 Å². The van der Waals surface area contributed by atoms with Crippen molar-refractivity contribution in [1.82, 2.24) is 4.98 Å². The van der Waals surface area contributed by atoms with Crippen molar-refractivity contribution in [2.75, 3.05) is 5.32 Å². The second-order valence-corrected chi connectivity index (χ2v) is 3.65. The highest BCUT2D eigenvalue weighted by Crippen LogP contribution is 2.10. The van der Waals surface area contributed by atoms with Gasteiger partial charge in [0.1, 0.15) is 5.82 Å². The van der Waals surface area contributed by atoms with Crippen LogP contribution in [-0.4, -0.2) is 22.0 Å². The molecule has 90 valence electrons. The Kier molecular flexibility index (Phi) is 4.39. The van der Waals surface area contributed by atoms with E-state index in [1.807, 2.05) is 13.0 Å². The lowest BCUT2D eigenvalue weighted by molar-refractivity contribution is -0.131. The van der Waals surface area contributed by atoms with Crippen LogP contribution in [0.5, 0.6) is 0 Å². The number of aromatic nitrogens is 1. The van der Waals surface area contributed by atoms with Gasteiger partial charge in [-0.05, 0) is 24.6 Å². The van der Waals surface area contributed by atoms with Gasteiger partial charge in [0.2, 0.25) is 5.91 Å². The van der Waals surface area contributed by atoms with Gasteiger partial charge in [0, 0.05) is 25.1 Å². The molecule has 1 heterocycles. The molecule has 0 aromatic carbocycles. The maximum absolute atomic E-state index is 10.9. The van der Waals surface area contributed by atoms with Crippen molar-refractivity contribution < 1.29 is 14.7 Å². The standard InChI is InChI=1S/C12H14N2O3/c1-8-6-10(4-3-5-12(16)17)14-11(7-8)13-9(2)15/h3,5-7H,4H2,1-2H3,(H,16,17)(H,13,14,15)/b5-3+. The molecule has 0 fully saturated rings. The molecule has 17 heavy (non-hydrogen) atoms. The summed E-state index contributed by atoms with van der Waals surface area (Å²) in [5, 5.41) is 11.1. The minimum Gasteiger partial charge on any atom is -0.478 e. The predicted octanol–water partition coefficient (Wildman–Crippen LogP) is 1.53. The van der Waals surface area contributed by atoms with Crippen molar-refractivity contribution in [2.24, 2.45) is 0 Å². The van der Waals surface area contributed by atoms with Crippen LogP contribution in [0.3, 0.4) is 0 Å². The summed E-state index contributed by atoms with van der Waals surface area (Å²) in [4.78, 5) is 25.4. The minimum absolute atomic E-state index is 0.185. The summed E-state index contributed by atoms with van der Waals surface area (Å²) in [6, 6.07) is 3.60. The van der Waals surface area contributed by atoms with Crippen molar-refractivity contribution in [1.29, 1.82) is 0 Å². The Hall–Kier alpha value is -2.17. The van der Waals surface area contributed by atoms with Crippen LogP contribution in [-0.2, 0) is 16.0 Å². The number of allylic oxidation sites excluding steroid dienone is 1. The molecule has 1 aromatic heterocycles. The number of carboxylic acids is 1. The number of aryl methyl sites for hydroxylation is 1. The summed E-state index contributed by atoms with van der Waals surface area (Å²) < 4.78 is 0. The minimum atomic E-state index is -0.986. The molecule has 0 spiro atoms. The smallest absolute Gasteiger partial charge is 0.327 e. The molecular formula is C12H14N2O3. The van der Waals surface area contributed by atoms with Crippen LogP contribution in [0.2, 0.25) is 0 Å². The molecule has 0 aliphatic carbocycles. The molecule has 2 N–H and O–H groups in total. The number of anilines is 1. The van der Waals surface area contributed by atoms with E-state index in [2.05, 4.69) is 10.3 Å². The Morgan fingerprint density at radius 3 is 2.76 bits per heavy atom. The van der Waals surface area contributed by atoms with Gasteiger partial charge in [-0.25, -0.2) is 9.78 Å². The zero-order valence-corrected chi connectivity index (χ0v) is 9.73. The van der Waals surface area contributed by atoms with E-state index in [1.165, 1.54) is 13.0 Å². The molecule has 1 amide bonds. The van der Waals surface area contributed by atoms with E-state index in [0.717, 1.165) is 11.6 Å². The number of carbonyl (C=O) groups is 2. The first-order valence-corrected chi connectivity index (χ1v) is 5.12. The van der Waals surface area contributed by atoms with Gasteiger partial charge in [0.25, 0.3) is 0 Å². The summed E-state index contributed by atoms with van der Waals surface area (Å²) in [5.74, 6) is -0.689. The van der Waals surface area contributed by atoms with Gasteiger partial charge < -0.3 is 10.4 Å². The summed E-state index contributed by atoms with van der Waals surface area (Å²) in [5.41, 5.74) is 1.67. The van der Waals surface area contributed by atoms with Crippen molar-refractivity contribution in [3.8, 4) is 0 Å². The van der Waals surface area contributed by atoms with Gasteiger partial charge in [-0.2, -0.15) is 0 Å². The summed E-state index contributed by atoms with van der Waals surface area (Å²) in [6.07, 6.45) is 3.00. The van der Waals surface area contributed by atoms with E-state index >= 15 is 0 Å². The third-order valence-corrected chi connectivity index (χ3v) is 1.91. The van der Waals surface area contributed by atoms with E-state index in [4.69, 9.17) is 5.11 Å². The average molecular weight is 234 g/mol. The molecule has 1 aromatic rings. The van der Waals surface area contributed by atoms with Crippen molar-refractivity contribution in [3.05, 3.63) is 35.5 Å². The Labute approximate surface area is 99.2 Å². The summed E-state index contributed by atoms with van der Waals surface area (Å²) >= 11 is 0. The van der Waals surface area contributed by atoms with E-state index < -0.39 is 5.97 Å². The fraction of sp³-hybridized carbons (Fsp3) is 0.250. The van der Waals surface area contributed by atoms with E-state index in [0.29, 0.717) is 17.9 Å². The SMILES string of the molecule is CC(=O)Nc1cc(C)cc(C/C=C/C(=O)O)n1. The number of carboxylic acid groups (broad SMARTS) is 1. The molecule has 5 heteroatoms. The van der Waals surface area contributed by atoms with Gasteiger partial charge in [0.05, 0.1) is 0 Å². The Balaban J connectivity index is 2.82. The van der Waals surface area contributed by atoms with Crippen LogP contribution in [0.15, 0.2) is 24.3 Å². The van der Waals surface area contributed by atoms with Crippen LogP contribution < -0.4 is 5.32 Å². The van der Waals surface area contributed by atoms with Gasteiger partial charge in [-0.1, -0.05) is 6.08 Å². The second kappa shape index (κ2) is 5.79. The monoisotopic (exact) mass is 234 g/mol. The lowest BCUT2D eigenvalue weighted by Gasteiger charge is -2.05. The number of nitrogens with one attached hydrogen (secondary N) is 1. The maximum atomic E-state index is 10.9. The molecule has 5 nitrogen and oxygen atoms in total. The largest absolute Gasteiger partial charge is 0.478 e. The Morgan fingerprint density at radius 1 is 1.47 bits per heavy atom. The average Bonchev–Trinajstić information content (AvgIpc) is 2.14. The number of nitrogens with zero attached hydrogens (tertiary/aromatic N) is 1. The quantitative estimate of drug-likeness (QED) is 0.774. The molecule has 0 unspecified atom stereocenters. The lowest BCUT2D eigenvalue weighted by Crippen LogP contribution is -2.08. The van der Waals surface area contributed by atoms with Crippen molar-refractivity contribution in [2.45, 2.75) is 20.3 Å². The first-order chi connectivity index (χ1) is 7.97. The highest BCUT2D eigenvalue weighted by atomic mass is 16.4. The molecule has 0 aliphatic heterocycles.